The largest absolute Gasteiger partial charge is 0.440 e. The standard InChI is InChI=1S/C20H23N5O2/c1-13-11-16-18(20(26)25(13)10-4-9-24(2)3)17(14-5-7-23-8-6-14)15(12-21)19(22)27-16/h5-8,11,17H,4,9-10,22H2,1-3H3. The van der Waals surface area contributed by atoms with Crippen molar-refractivity contribution in [2.45, 2.75) is 25.8 Å². The lowest BCUT2D eigenvalue weighted by Gasteiger charge is -2.27. The summed E-state index contributed by atoms with van der Waals surface area (Å²) in [6.45, 7) is 3.35. The van der Waals surface area contributed by atoms with Crippen molar-refractivity contribution in [1.29, 1.82) is 5.26 Å². The zero-order valence-electron chi connectivity index (χ0n) is 15.8. The minimum Gasteiger partial charge on any atom is -0.440 e. The minimum atomic E-state index is -0.560. The number of rotatable bonds is 5. The van der Waals surface area contributed by atoms with E-state index in [0.717, 1.165) is 24.2 Å². The number of allylic oxidation sites excluding steroid dienone is 1. The number of pyridine rings is 2. The molecule has 0 fully saturated rings. The van der Waals surface area contributed by atoms with Crippen LogP contribution in [-0.2, 0) is 6.54 Å². The van der Waals surface area contributed by atoms with E-state index in [1.807, 2.05) is 27.1 Å². The van der Waals surface area contributed by atoms with Gasteiger partial charge in [-0.05, 0) is 51.7 Å². The third-order valence-corrected chi connectivity index (χ3v) is 4.72. The normalized spacial score (nSPS) is 16.0. The van der Waals surface area contributed by atoms with Gasteiger partial charge in [0.05, 0.1) is 11.5 Å². The van der Waals surface area contributed by atoms with Crippen LogP contribution in [0.4, 0.5) is 0 Å². The summed E-state index contributed by atoms with van der Waals surface area (Å²) in [5.41, 5.74) is 8.12. The molecule has 0 amide bonds. The Morgan fingerprint density at radius 3 is 2.70 bits per heavy atom. The van der Waals surface area contributed by atoms with Crippen LogP contribution < -0.4 is 16.0 Å². The van der Waals surface area contributed by atoms with Gasteiger partial charge < -0.3 is 19.9 Å². The van der Waals surface area contributed by atoms with Crippen molar-refractivity contribution in [3.63, 3.8) is 0 Å². The molecule has 0 aromatic carbocycles. The lowest BCUT2D eigenvalue weighted by atomic mass is 9.84. The fourth-order valence-electron chi connectivity index (χ4n) is 3.40. The highest BCUT2D eigenvalue weighted by atomic mass is 16.5. The number of nitrogens with two attached hydrogens (primary N) is 1. The maximum absolute atomic E-state index is 13.3. The number of aryl methyl sites for hydroxylation is 1. The van der Waals surface area contributed by atoms with E-state index < -0.39 is 5.92 Å². The zero-order chi connectivity index (χ0) is 19.6. The number of nitriles is 1. The molecule has 2 aromatic rings. The molecule has 2 N–H and O–H groups in total. The van der Waals surface area contributed by atoms with Crippen molar-refractivity contribution in [2.24, 2.45) is 5.73 Å². The molecule has 27 heavy (non-hydrogen) atoms. The molecule has 0 saturated carbocycles. The van der Waals surface area contributed by atoms with E-state index in [-0.39, 0.29) is 17.0 Å². The molecule has 0 spiro atoms. The number of ether oxygens (including phenoxy) is 1. The lowest BCUT2D eigenvalue weighted by Crippen LogP contribution is -2.33. The van der Waals surface area contributed by atoms with Gasteiger partial charge in [-0.1, -0.05) is 0 Å². The first-order valence-electron chi connectivity index (χ1n) is 8.80. The Bertz CT molecular complexity index is 970. The third kappa shape index (κ3) is 3.57. The molecule has 1 aliphatic heterocycles. The number of fused-ring (bicyclic) bond motifs is 1. The highest BCUT2D eigenvalue weighted by Crippen LogP contribution is 2.40. The van der Waals surface area contributed by atoms with E-state index in [2.05, 4.69) is 16.0 Å². The molecule has 1 atom stereocenters. The number of hydrogen-bond acceptors (Lipinski definition) is 6. The molecule has 3 heterocycles. The molecule has 3 rings (SSSR count). The fraction of sp³-hybridized carbons (Fsp3) is 0.350. The van der Waals surface area contributed by atoms with Gasteiger partial charge in [0.25, 0.3) is 5.56 Å². The molecule has 0 radical (unpaired) electrons. The van der Waals surface area contributed by atoms with E-state index in [4.69, 9.17) is 10.5 Å². The molecular formula is C20H23N5O2. The van der Waals surface area contributed by atoms with Crippen LogP contribution >= 0.6 is 0 Å². The predicted molar refractivity (Wildman–Crippen MR) is 102 cm³/mol. The van der Waals surface area contributed by atoms with Crippen molar-refractivity contribution in [1.82, 2.24) is 14.5 Å². The first-order valence-corrected chi connectivity index (χ1v) is 8.80. The van der Waals surface area contributed by atoms with Crippen LogP contribution in [0.25, 0.3) is 0 Å². The Hall–Kier alpha value is -3.11. The van der Waals surface area contributed by atoms with Crippen LogP contribution in [0.15, 0.2) is 46.8 Å². The highest BCUT2D eigenvalue weighted by molar-refractivity contribution is 5.54. The minimum absolute atomic E-state index is 0.0379. The van der Waals surface area contributed by atoms with E-state index in [9.17, 15) is 10.1 Å². The molecule has 7 heteroatoms. The van der Waals surface area contributed by atoms with Crippen LogP contribution in [-0.4, -0.2) is 35.1 Å². The predicted octanol–water partition coefficient (Wildman–Crippen LogP) is 1.72. The molecule has 0 saturated heterocycles. The Kier molecular flexibility index (Phi) is 5.28. The van der Waals surface area contributed by atoms with E-state index in [1.54, 1.807) is 29.1 Å². The fourth-order valence-corrected chi connectivity index (χ4v) is 3.40. The van der Waals surface area contributed by atoms with Gasteiger partial charge >= 0.3 is 0 Å². The van der Waals surface area contributed by atoms with Crippen LogP contribution in [0.5, 0.6) is 5.75 Å². The molecule has 1 unspecified atom stereocenters. The number of nitrogens with zero attached hydrogens (tertiary/aromatic N) is 4. The van der Waals surface area contributed by atoms with Crippen molar-refractivity contribution in [3.05, 3.63) is 69.2 Å². The van der Waals surface area contributed by atoms with Gasteiger partial charge in [-0.25, -0.2) is 0 Å². The summed E-state index contributed by atoms with van der Waals surface area (Å²) in [7, 11) is 4.01. The molecule has 0 bridgehead atoms. The monoisotopic (exact) mass is 365 g/mol. The second-order valence-electron chi connectivity index (χ2n) is 6.88. The van der Waals surface area contributed by atoms with Crippen LogP contribution in [0.1, 0.15) is 29.2 Å². The van der Waals surface area contributed by atoms with E-state index in [0.29, 0.717) is 17.9 Å². The maximum atomic E-state index is 13.3. The quantitative estimate of drug-likeness (QED) is 0.866. The van der Waals surface area contributed by atoms with Crippen molar-refractivity contribution in [3.8, 4) is 11.8 Å². The van der Waals surface area contributed by atoms with Crippen molar-refractivity contribution in [2.75, 3.05) is 20.6 Å². The first kappa shape index (κ1) is 18.7. The lowest BCUT2D eigenvalue weighted by molar-refractivity contribution is 0.375. The van der Waals surface area contributed by atoms with Gasteiger partial charge in [0, 0.05) is 30.7 Å². The summed E-state index contributed by atoms with van der Waals surface area (Å²) in [6, 6.07) is 7.52. The Labute approximate surface area is 158 Å². The maximum Gasteiger partial charge on any atom is 0.258 e. The Morgan fingerprint density at radius 1 is 1.37 bits per heavy atom. The SMILES string of the molecule is Cc1cc2c(c(=O)n1CCCN(C)C)C(c1ccncc1)C(C#N)=C(N)O2. The number of aromatic nitrogens is 2. The van der Waals surface area contributed by atoms with Gasteiger partial charge in [-0.3, -0.25) is 9.78 Å². The molecule has 140 valence electrons. The van der Waals surface area contributed by atoms with E-state index >= 15 is 0 Å². The van der Waals surface area contributed by atoms with Crippen LogP contribution in [0, 0.1) is 18.3 Å². The summed E-state index contributed by atoms with van der Waals surface area (Å²) >= 11 is 0. The van der Waals surface area contributed by atoms with Gasteiger partial charge in [0.15, 0.2) is 0 Å². The second kappa shape index (κ2) is 7.64. The topological polar surface area (TPSA) is 97.2 Å². The number of hydrogen-bond donors (Lipinski definition) is 1. The summed E-state index contributed by atoms with van der Waals surface area (Å²) in [6.07, 6.45) is 4.12. The second-order valence-corrected chi connectivity index (χ2v) is 6.88. The summed E-state index contributed by atoms with van der Waals surface area (Å²) in [5, 5.41) is 9.64. The average molecular weight is 365 g/mol. The van der Waals surface area contributed by atoms with Crippen LogP contribution in [0.3, 0.4) is 0 Å². The van der Waals surface area contributed by atoms with Gasteiger partial charge in [-0.2, -0.15) is 5.26 Å². The smallest absolute Gasteiger partial charge is 0.258 e. The average Bonchev–Trinajstić information content (AvgIpc) is 2.63. The van der Waals surface area contributed by atoms with Crippen molar-refractivity contribution < 1.29 is 4.74 Å². The molecule has 1 aliphatic rings. The Morgan fingerprint density at radius 2 is 2.07 bits per heavy atom. The van der Waals surface area contributed by atoms with Gasteiger partial charge in [0.1, 0.15) is 17.4 Å². The van der Waals surface area contributed by atoms with Gasteiger partial charge in [-0.15, -0.1) is 0 Å². The molecule has 7 nitrogen and oxygen atoms in total. The van der Waals surface area contributed by atoms with Crippen LogP contribution in [0.2, 0.25) is 0 Å². The first-order chi connectivity index (χ1) is 12.9. The molecule has 0 aliphatic carbocycles. The molecule has 2 aromatic heterocycles. The summed E-state index contributed by atoms with van der Waals surface area (Å²) in [4.78, 5) is 19.5. The molecular weight excluding hydrogens is 342 g/mol. The zero-order valence-corrected chi connectivity index (χ0v) is 15.8. The van der Waals surface area contributed by atoms with Gasteiger partial charge in [0.2, 0.25) is 5.88 Å². The van der Waals surface area contributed by atoms with E-state index in [1.165, 1.54) is 0 Å². The van der Waals surface area contributed by atoms with Crippen molar-refractivity contribution >= 4 is 0 Å². The summed E-state index contributed by atoms with van der Waals surface area (Å²) < 4.78 is 7.39. The Balaban J connectivity index is 2.15. The highest BCUT2D eigenvalue weighted by Gasteiger charge is 2.34. The summed E-state index contributed by atoms with van der Waals surface area (Å²) in [5.74, 6) is -0.106. The third-order valence-electron chi connectivity index (χ3n) is 4.72.